The molecule has 7 aliphatic heterocycles. The van der Waals surface area contributed by atoms with Gasteiger partial charge in [-0.15, -0.1) is 0 Å². The van der Waals surface area contributed by atoms with Gasteiger partial charge in [-0.2, -0.15) is 0 Å². The fraction of sp³-hybridized carbons (Fsp3) is 0.918. The Labute approximate surface area is 796 Å². The van der Waals surface area contributed by atoms with E-state index in [-0.39, 0.29) is 47.8 Å². The highest BCUT2D eigenvalue weighted by Crippen LogP contribution is 2.54. The summed E-state index contributed by atoms with van der Waals surface area (Å²) in [7, 11) is 13.5. The van der Waals surface area contributed by atoms with Crippen molar-refractivity contribution in [3.8, 4) is 0 Å². The molecular weight excluding hydrogens is 1630 g/mol. The molecule has 19 fully saturated rings. The van der Waals surface area contributed by atoms with Crippen LogP contribution in [0.5, 0.6) is 0 Å². The van der Waals surface area contributed by atoms with Gasteiger partial charge in [0.25, 0.3) is 0 Å². The van der Waals surface area contributed by atoms with E-state index in [1.807, 2.05) is 49.3 Å². The van der Waals surface area contributed by atoms with Crippen LogP contribution in [0, 0.1) is 118 Å². The summed E-state index contributed by atoms with van der Waals surface area (Å²) in [5.74, 6) is 18.6. The van der Waals surface area contributed by atoms with Crippen LogP contribution < -0.4 is 37.2 Å². The van der Waals surface area contributed by atoms with Crippen LogP contribution in [0.15, 0.2) is 12.2 Å². The number of nitrogens with zero attached hydrogens (tertiary/aromatic N) is 7. The van der Waals surface area contributed by atoms with E-state index in [2.05, 4.69) is 132 Å². The average Bonchev–Trinajstić information content (AvgIpc) is 1.60. The average molecular weight is 1820 g/mol. The molecule has 0 aromatic heterocycles. The zero-order valence-electron chi connectivity index (χ0n) is 85.4. The SMILES string of the molecule is CNC1CCC(C)CN(C23CCC(CC2)C3)C1=O.CNC1CCC(C)CN(C2CC3CCC2C3)C1=O.CNC1CCC(C)CN(C2CC3CCCC2C3)C1=O.CNC1CCC(C)CN(C2CC3CCCC2C3)C1=O.CNC1CCC(C)CN(C2CCC=CCC2)C1=O.CNC1CCC(C)CN(CC2CC3CCC(C3)C2)C1=O.CNC1CCC(C)CN(CC2CC3CCC2C3)C1=O. The van der Waals surface area contributed by atoms with Crippen molar-refractivity contribution < 1.29 is 33.6 Å². The minimum absolute atomic E-state index is 0.0335. The number of likely N-dealkylation sites (tertiary alicyclic amines) is 7. The molecule has 131 heavy (non-hydrogen) atoms. The van der Waals surface area contributed by atoms with E-state index < -0.39 is 0 Å². The molecule has 20 rings (SSSR count). The van der Waals surface area contributed by atoms with Crippen molar-refractivity contribution in [1.29, 1.82) is 0 Å². The van der Waals surface area contributed by atoms with Gasteiger partial charge in [-0.3, -0.25) is 33.6 Å². The maximum Gasteiger partial charge on any atom is 0.240 e. The Kier molecular flexibility index (Phi) is 38.0. The number of carbonyl (C=O) groups excluding carboxylic acids is 7. The summed E-state index contributed by atoms with van der Waals surface area (Å²) in [5.41, 5.74) is 0.245. The van der Waals surface area contributed by atoms with Crippen LogP contribution in [0.3, 0.4) is 0 Å². The van der Waals surface area contributed by atoms with Gasteiger partial charge in [-0.05, 0) is 412 Å². The van der Waals surface area contributed by atoms with E-state index in [1.54, 1.807) is 0 Å². The molecule has 28 unspecified atom stereocenters. The molecule has 7 saturated heterocycles. The summed E-state index contributed by atoms with van der Waals surface area (Å²) in [6, 6.07) is 2.51. The van der Waals surface area contributed by atoms with Crippen LogP contribution in [0.4, 0.5) is 0 Å². The third-order valence-corrected chi connectivity index (χ3v) is 38.6. The van der Waals surface area contributed by atoms with Crippen LogP contribution in [0.2, 0.25) is 0 Å². The zero-order chi connectivity index (χ0) is 92.7. The lowest BCUT2D eigenvalue weighted by Crippen LogP contribution is -2.54. The fourth-order valence-corrected chi connectivity index (χ4v) is 31.0. The second-order valence-corrected chi connectivity index (χ2v) is 48.5. The Morgan fingerprint density at radius 1 is 0.275 bits per heavy atom. The quantitative estimate of drug-likeness (QED) is 0.0714. The van der Waals surface area contributed by atoms with Crippen LogP contribution in [0.1, 0.15) is 344 Å². The van der Waals surface area contributed by atoms with Crippen molar-refractivity contribution >= 4 is 41.4 Å². The molecule has 0 aromatic rings. The highest BCUT2D eigenvalue weighted by molar-refractivity contribution is 5.86. The minimum atomic E-state index is 0.0335. The molecule has 20 aliphatic rings. The van der Waals surface area contributed by atoms with Gasteiger partial charge in [-0.25, -0.2) is 0 Å². The zero-order valence-corrected chi connectivity index (χ0v) is 85.4. The molecule has 12 bridgehead atoms. The summed E-state index contributed by atoms with van der Waals surface area (Å²) in [6.45, 7) is 25.0. The van der Waals surface area contributed by atoms with Crippen LogP contribution in [-0.2, 0) is 33.6 Å². The number of hydrogen-bond acceptors (Lipinski definition) is 14. The molecule has 744 valence electrons. The third kappa shape index (κ3) is 26.1. The van der Waals surface area contributed by atoms with Gasteiger partial charge in [0.1, 0.15) is 0 Å². The molecule has 0 radical (unpaired) electrons. The summed E-state index contributed by atoms with van der Waals surface area (Å²) in [6.07, 6.45) is 62.6. The first-order valence-corrected chi connectivity index (χ1v) is 55.7. The summed E-state index contributed by atoms with van der Waals surface area (Å²) in [4.78, 5) is 104. The predicted octanol–water partition coefficient (Wildman–Crippen LogP) is 16.3. The van der Waals surface area contributed by atoms with Crippen molar-refractivity contribution in [3.05, 3.63) is 12.2 Å². The smallest absolute Gasteiger partial charge is 0.240 e. The van der Waals surface area contributed by atoms with Gasteiger partial charge >= 0.3 is 0 Å². The molecule has 7 heterocycles. The molecule has 21 heteroatoms. The summed E-state index contributed by atoms with van der Waals surface area (Å²) < 4.78 is 0. The Balaban J connectivity index is 0.000000123. The standard InChI is InChI=1S/C17H30N2O.3C16H28N2O.3C15H26N2O/c1-12-3-6-16(18-2)17(20)19(10-12)11-15-8-13-4-5-14(7-13)9-15;1-11-3-6-15(17-2)16(19)18(9-11)10-14-8-12-4-5-13(14)7-12;2*1-11-6-7-14(17-2)16(19)18(10-11)15-9-12-4-3-5-13(15)8-12;1-10-3-6-13(16-2)15(18)17(9-10)14-8-11-4-5-12(14)7-11;1-11-3-4-13(16-2)14(18)17(10-11)15-7-5-12(9-15)6-8-15;1-12-9-10-14(16-2)15(18)17(11-12)13-7-5-3-4-6-8-13/h12-16,18H,3-11H2,1-2H3;3*11-15,17H,3-10H2,1-2H3;10-14,16H,3-9H2,1-2H3;11-13,16H,3-10H2,1-2H3;3-4,12-14,16H,5-11H2,1-2H3. The second-order valence-electron chi connectivity index (χ2n) is 48.5. The van der Waals surface area contributed by atoms with E-state index in [0.29, 0.717) is 107 Å². The van der Waals surface area contributed by atoms with E-state index in [1.165, 1.54) is 218 Å². The predicted molar refractivity (Wildman–Crippen MR) is 531 cm³/mol. The van der Waals surface area contributed by atoms with Gasteiger partial charge in [0.2, 0.25) is 41.4 Å². The van der Waals surface area contributed by atoms with Gasteiger partial charge in [0, 0.05) is 88.6 Å². The molecule has 12 saturated carbocycles. The number of nitrogens with one attached hydrogen (secondary N) is 7. The second kappa shape index (κ2) is 48.6. The molecule has 21 nitrogen and oxygen atoms in total. The monoisotopic (exact) mass is 1820 g/mol. The Bertz CT molecular complexity index is 3560. The van der Waals surface area contributed by atoms with Crippen molar-refractivity contribution in [2.24, 2.45) is 118 Å². The first-order valence-electron chi connectivity index (χ1n) is 55.7. The molecule has 28 atom stereocenters. The van der Waals surface area contributed by atoms with E-state index in [0.717, 1.165) is 213 Å². The van der Waals surface area contributed by atoms with Gasteiger partial charge in [0.05, 0.1) is 42.3 Å². The Hall–Kier alpha value is -4.25. The van der Waals surface area contributed by atoms with Gasteiger partial charge in [0.15, 0.2) is 0 Å². The molecule has 7 N–H and O–H groups in total. The number of allylic oxidation sites excluding steroid dienone is 2. The van der Waals surface area contributed by atoms with Crippen molar-refractivity contribution in [1.82, 2.24) is 71.5 Å². The van der Waals surface area contributed by atoms with E-state index in [4.69, 9.17) is 0 Å². The highest BCUT2D eigenvalue weighted by Gasteiger charge is 2.54. The lowest BCUT2D eigenvalue weighted by Gasteiger charge is -2.41. The molecular formula is C110H192N14O7. The minimum Gasteiger partial charge on any atom is -0.341 e. The number of likely N-dealkylation sites (N-methyl/N-ethyl adjacent to an activating group) is 7. The Morgan fingerprint density at radius 2 is 0.595 bits per heavy atom. The van der Waals surface area contributed by atoms with Crippen molar-refractivity contribution in [2.45, 2.75) is 416 Å². The highest BCUT2D eigenvalue weighted by atomic mass is 16.2. The summed E-state index contributed by atoms with van der Waals surface area (Å²) in [5, 5.41) is 22.5. The molecule has 7 amide bonds. The maximum absolute atomic E-state index is 12.8. The number of carbonyl (C=O) groups is 7. The first-order chi connectivity index (χ1) is 63.2. The first kappa shape index (κ1) is 103. The van der Waals surface area contributed by atoms with Crippen molar-refractivity contribution in [2.75, 3.05) is 108 Å². The lowest BCUT2D eigenvalue weighted by molar-refractivity contribution is -0.140. The van der Waals surface area contributed by atoms with E-state index in [9.17, 15) is 33.6 Å². The number of rotatable bonds is 16. The van der Waals surface area contributed by atoms with E-state index >= 15 is 0 Å². The Morgan fingerprint density at radius 3 is 0.954 bits per heavy atom. The summed E-state index contributed by atoms with van der Waals surface area (Å²) >= 11 is 0. The molecule has 0 spiro atoms. The molecule has 0 aromatic carbocycles. The fourth-order valence-electron chi connectivity index (χ4n) is 31.0. The molecule has 13 aliphatic carbocycles. The lowest BCUT2D eigenvalue weighted by atomic mass is 9.80. The topological polar surface area (TPSA) is 226 Å². The van der Waals surface area contributed by atoms with Crippen molar-refractivity contribution in [3.63, 3.8) is 0 Å². The number of hydrogen-bond donors (Lipinski definition) is 7. The third-order valence-electron chi connectivity index (χ3n) is 38.6. The van der Waals surface area contributed by atoms with Crippen LogP contribution >= 0.6 is 0 Å². The number of amides is 7. The maximum atomic E-state index is 12.8. The number of fused-ring (bicyclic) bond motifs is 12. The van der Waals surface area contributed by atoms with Crippen LogP contribution in [-0.4, -0.2) is 256 Å². The van der Waals surface area contributed by atoms with Gasteiger partial charge in [-0.1, -0.05) is 112 Å². The van der Waals surface area contributed by atoms with Crippen LogP contribution in [0.25, 0.3) is 0 Å². The normalized spacial score (nSPS) is 41.7. The largest absolute Gasteiger partial charge is 0.341 e. The van der Waals surface area contributed by atoms with Gasteiger partial charge < -0.3 is 71.5 Å².